The zero-order valence-electron chi connectivity index (χ0n) is 11.6. The summed E-state index contributed by atoms with van der Waals surface area (Å²) in [4.78, 5) is 13.1. The first-order valence-electron chi connectivity index (χ1n) is 6.76. The Labute approximate surface area is 124 Å². The first-order valence-corrected chi connectivity index (χ1v) is 7.99. The van der Waals surface area contributed by atoms with Crippen molar-refractivity contribution >= 4 is 17.7 Å². The molecule has 0 fully saturated rings. The number of carbonyl (C=O) groups is 1. The summed E-state index contributed by atoms with van der Waals surface area (Å²) in [6.07, 6.45) is 3.93. The largest absolute Gasteiger partial charge is 0.352 e. The Morgan fingerprint density at radius 1 is 1.05 bits per heavy atom. The zero-order chi connectivity index (χ0) is 14.2. The Hall–Kier alpha value is -1.74. The second-order valence-electron chi connectivity index (χ2n) is 4.55. The number of thioether (sulfide) groups is 1. The quantitative estimate of drug-likeness (QED) is 0.646. The van der Waals surface area contributed by atoms with Crippen LogP contribution < -0.4 is 5.32 Å². The molecule has 0 bridgehead atoms. The van der Waals surface area contributed by atoms with E-state index in [1.165, 1.54) is 5.56 Å². The number of benzene rings is 2. The van der Waals surface area contributed by atoms with Crippen molar-refractivity contribution in [3.8, 4) is 0 Å². The van der Waals surface area contributed by atoms with Gasteiger partial charge in [0.15, 0.2) is 0 Å². The number of rotatable bonds is 6. The second-order valence-corrected chi connectivity index (χ2v) is 5.39. The maximum absolute atomic E-state index is 12.1. The summed E-state index contributed by atoms with van der Waals surface area (Å²) in [7, 11) is 0. The fourth-order valence-corrected chi connectivity index (χ4v) is 2.66. The summed E-state index contributed by atoms with van der Waals surface area (Å²) in [6.45, 7) is 0.705. The molecular formula is C17H19NOS. The molecule has 0 aliphatic carbocycles. The second kappa shape index (κ2) is 7.75. The average Bonchev–Trinajstić information content (AvgIpc) is 2.52. The minimum Gasteiger partial charge on any atom is -0.352 e. The van der Waals surface area contributed by atoms with Crippen LogP contribution in [0.5, 0.6) is 0 Å². The number of hydrogen-bond donors (Lipinski definition) is 1. The Bertz CT molecular complexity index is 554. The van der Waals surface area contributed by atoms with Gasteiger partial charge in [0, 0.05) is 11.4 Å². The van der Waals surface area contributed by atoms with Crippen LogP contribution in [0.25, 0.3) is 0 Å². The van der Waals surface area contributed by atoms with E-state index in [2.05, 4.69) is 17.4 Å². The summed E-state index contributed by atoms with van der Waals surface area (Å²) in [6, 6.07) is 18.0. The predicted octanol–water partition coefficient (Wildman–Crippen LogP) is 3.77. The molecule has 0 heterocycles. The third-order valence-electron chi connectivity index (χ3n) is 3.12. The lowest BCUT2D eigenvalue weighted by Crippen LogP contribution is -2.25. The highest BCUT2D eigenvalue weighted by Gasteiger charge is 2.09. The summed E-state index contributed by atoms with van der Waals surface area (Å²) in [5.74, 6) is 0.0167. The van der Waals surface area contributed by atoms with E-state index in [9.17, 15) is 4.79 Å². The van der Waals surface area contributed by atoms with Gasteiger partial charge >= 0.3 is 0 Å². The highest BCUT2D eigenvalue weighted by Crippen LogP contribution is 2.19. The Morgan fingerprint density at radius 3 is 2.50 bits per heavy atom. The Morgan fingerprint density at radius 2 is 1.75 bits per heavy atom. The molecule has 1 amide bonds. The van der Waals surface area contributed by atoms with E-state index in [0.717, 1.165) is 23.3 Å². The van der Waals surface area contributed by atoms with Crippen molar-refractivity contribution in [2.24, 2.45) is 0 Å². The van der Waals surface area contributed by atoms with Gasteiger partial charge in [-0.1, -0.05) is 42.5 Å². The molecule has 1 N–H and O–H groups in total. The molecule has 0 spiro atoms. The van der Waals surface area contributed by atoms with Crippen molar-refractivity contribution in [1.82, 2.24) is 5.32 Å². The molecule has 0 aliphatic heterocycles. The van der Waals surface area contributed by atoms with Gasteiger partial charge in [0.05, 0.1) is 5.56 Å². The third-order valence-corrected chi connectivity index (χ3v) is 3.92. The van der Waals surface area contributed by atoms with Crippen LogP contribution in [-0.4, -0.2) is 18.7 Å². The first-order chi connectivity index (χ1) is 9.81. The predicted molar refractivity (Wildman–Crippen MR) is 85.3 cm³/mol. The number of hydrogen-bond acceptors (Lipinski definition) is 2. The normalized spacial score (nSPS) is 10.2. The monoisotopic (exact) mass is 285 g/mol. The zero-order valence-corrected chi connectivity index (χ0v) is 12.5. The van der Waals surface area contributed by atoms with E-state index >= 15 is 0 Å². The minimum absolute atomic E-state index is 0.0167. The summed E-state index contributed by atoms with van der Waals surface area (Å²) in [5.41, 5.74) is 2.07. The molecule has 0 unspecified atom stereocenters. The molecule has 104 valence electrons. The lowest BCUT2D eigenvalue weighted by atomic mass is 10.1. The van der Waals surface area contributed by atoms with Crippen LogP contribution in [0.15, 0.2) is 59.5 Å². The number of aryl methyl sites for hydroxylation is 1. The van der Waals surface area contributed by atoms with Gasteiger partial charge in [0.25, 0.3) is 5.91 Å². The molecule has 0 aliphatic rings. The number of nitrogens with one attached hydrogen (secondary N) is 1. The fourth-order valence-electron chi connectivity index (χ4n) is 2.07. The maximum atomic E-state index is 12.1. The van der Waals surface area contributed by atoms with Crippen molar-refractivity contribution in [1.29, 1.82) is 0 Å². The van der Waals surface area contributed by atoms with Gasteiger partial charge in [0.1, 0.15) is 0 Å². The lowest BCUT2D eigenvalue weighted by molar-refractivity contribution is 0.0950. The van der Waals surface area contributed by atoms with Crippen molar-refractivity contribution in [3.63, 3.8) is 0 Å². The van der Waals surface area contributed by atoms with Crippen LogP contribution in [0.1, 0.15) is 22.3 Å². The molecule has 2 aromatic rings. The Kier molecular flexibility index (Phi) is 5.69. The molecule has 0 radical (unpaired) electrons. The van der Waals surface area contributed by atoms with Gasteiger partial charge in [-0.2, -0.15) is 0 Å². The standard InChI is InChI=1S/C17H19NOS/c1-20-16-12-6-5-11-15(16)17(19)18-13-7-10-14-8-3-2-4-9-14/h2-6,8-9,11-12H,7,10,13H2,1H3,(H,18,19). The van der Waals surface area contributed by atoms with Gasteiger partial charge < -0.3 is 5.32 Å². The van der Waals surface area contributed by atoms with Crippen LogP contribution in [0, 0.1) is 0 Å². The molecule has 2 rings (SSSR count). The van der Waals surface area contributed by atoms with Gasteiger partial charge in [-0.15, -0.1) is 11.8 Å². The van der Waals surface area contributed by atoms with E-state index in [-0.39, 0.29) is 5.91 Å². The van der Waals surface area contributed by atoms with Crippen LogP contribution >= 0.6 is 11.8 Å². The maximum Gasteiger partial charge on any atom is 0.252 e. The first kappa shape index (κ1) is 14.7. The summed E-state index contributed by atoms with van der Waals surface area (Å²) >= 11 is 1.60. The molecule has 3 heteroatoms. The molecular weight excluding hydrogens is 266 g/mol. The lowest BCUT2D eigenvalue weighted by Gasteiger charge is -2.08. The van der Waals surface area contributed by atoms with Crippen molar-refractivity contribution in [2.75, 3.05) is 12.8 Å². The minimum atomic E-state index is 0.0167. The average molecular weight is 285 g/mol. The summed E-state index contributed by atoms with van der Waals surface area (Å²) in [5, 5.41) is 2.99. The molecule has 0 saturated heterocycles. The van der Waals surface area contributed by atoms with Crippen molar-refractivity contribution in [2.45, 2.75) is 17.7 Å². The smallest absolute Gasteiger partial charge is 0.252 e. The third kappa shape index (κ3) is 4.14. The topological polar surface area (TPSA) is 29.1 Å². The molecule has 0 aromatic heterocycles. The van der Waals surface area contributed by atoms with Gasteiger partial charge in [0.2, 0.25) is 0 Å². The van der Waals surface area contributed by atoms with Gasteiger partial charge in [-0.3, -0.25) is 4.79 Å². The Balaban J connectivity index is 1.81. The molecule has 2 aromatic carbocycles. The molecule has 0 saturated carbocycles. The van der Waals surface area contributed by atoms with Crippen LogP contribution in [0.4, 0.5) is 0 Å². The van der Waals surface area contributed by atoms with E-state index in [4.69, 9.17) is 0 Å². The van der Waals surface area contributed by atoms with E-state index in [1.807, 2.05) is 48.7 Å². The fraction of sp³-hybridized carbons (Fsp3) is 0.235. The molecule has 20 heavy (non-hydrogen) atoms. The van der Waals surface area contributed by atoms with Crippen LogP contribution in [0.3, 0.4) is 0 Å². The van der Waals surface area contributed by atoms with Crippen LogP contribution in [0.2, 0.25) is 0 Å². The molecule has 0 atom stereocenters. The van der Waals surface area contributed by atoms with E-state index in [1.54, 1.807) is 11.8 Å². The van der Waals surface area contributed by atoms with E-state index < -0.39 is 0 Å². The van der Waals surface area contributed by atoms with E-state index in [0.29, 0.717) is 6.54 Å². The highest BCUT2D eigenvalue weighted by atomic mass is 32.2. The van der Waals surface area contributed by atoms with Crippen molar-refractivity contribution < 1.29 is 4.79 Å². The van der Waals surface area contributed by atoms with Crippen LogP contribution in [-0.2, 0) is 6.42 Å². The SMILES string of the molecule is CSc1ccccc1C(=O)NCCCc1ccccc1. The molecule has 2 nitrogen and oxygen atoms in total. The highest BCUT2D eigenvalue weighted by molar-refractivity contribution is 7.98. The van der Waals surface area contributed by atoms with Gasteiger partial charge in [-0.05, 0) is 36.8 Å². The van der Waals surface area contributed by atoms with Crippen molar-refractivity contribution in [3.05, 3.63) is 65.7 Å². The summed E-state index contributed by atoms with van der Waals surface area (Å²) < 4.78 is 0. The number of amides is 1. The number of carbonyl (C=O) groups excluding carboxylic acids is 1. The van der Waals surface area contributed by atoms with Gasteiger partial charge in [-0.25, -0.2) is 0 Å².